The number of aromatic nitrogens is 2. The van der Waals surface area contributed by atoms with Gasteiger partial charge in [0.05, 0.1) is 11.8 Å². The predicted octanol–water partition coefficient (Wildman–Crippen LogP) is 1.79. The molecule has 2 fully saturated rings. The summed E-state index contributed by atoms with van der Waals surface area (Å²) in [6.07, 6.45) is 11.3. The van der Waals surface area contributed by atoms with Crippen LogP contribution in [0.5, 0.6) is 0 Å². The van der Waals surface area contributed by atoms with Crippen molar-refractivity contribution in [3.8, 4) is 0 Å². The van der Waals surface area contributed by atoms with Crippen LogP contribution in [0.25, 0.3) is 0 Å². The summed E-state index contributed by atoms with van der Waals surface area (Å²) in [4.78, 5) is 14.5. The monoisotopic (exact) mass is 276 g/mol. The third-order valence-corrected chi connectivity index (χ3v) is 4.72. The highest BCUT2D eigenvalue weighted by molar-refractivity contribution is 5.93. The first-order chi connectivity index (χ1) is 9.83. The second-order valence-corrected chi connectivity index (χ2v) is 6.14. The van der Waals surface area contributed by atoms with E-state index in [1.165, 1.54) is 45.1 Å². The molecule has 1 aliphatic heterocycles. The standard InChI is InChI=1S/C15H24N4O/c20-15(13-9-17-18-10-13)16-8-12-6-7-19(11-12)14-4-2-1-3-5-14/h9-10,12,14H,1-8,11H2,(H,16,20)(H,17,18). The van der Waals surface area contributed by atoms with Crippen LogP contribution in [0, 0.1) is 5.92 Å². The van der Waals surface area contributed by atoms with Gasteiger partial charge in [0.1, 0.15) is 0 Å². The molecule has 1 saturated heterocycles. The lowest BCUT2D eigenvalue weighted by molar-refractivity contribution is 0.0946. The molecule has 2 heterocycles. The molecule has 1 aliphatic carbocycles. The number of H-pyrrole nitrogens is 1. The smallest absolute Gasteiger partial charge is 0.254 e. The Labute approximate surface area is 120 Å². The van der Waals surface area contributed by atoms with E-state index in [1.54, 1.807) is 12.4 Å². The van der Waals surface area contributed by atoms with Crippen molar-refractivity contribution in [1.29, 1.82) is 0 Å². The van der Waals surface area contributed by atoms with Crippen molar-refractivity contribution in [1.82, 2.24) is 20.4 Å². The van der Waals surface area contributed by atoms with Crippen LogP contribution in [0.3, 0.4) is 0 Å². The van der Waals surface area contributed by atoms with Gasteiger partial charge >= 0.3 is 0 Å². The highest BCUT2D eigenvalue weighted by Crippen LogP contribution is 2.27. The van der Waals surface area contributed by atoms with E-state index < -0.39 is 0 Å². The van der Waals surface area contributed by atoms with Crippen LogP contribution in [0.2, 0.25) is 0 Å². The molecule has 5 nitrogen and oxygen atoms in total. The summed E-state index contributed by atoms with van der Waals surface area (Å²) in [7, 11) is 0. The Morgan fingerprint density at radius 3 is 2.95 bits per heavy atom. The third-order valence-electron chi connectivity index (χ3n) is 4.72. The molecule has 1 aromatic heterocycles. The first kappa shape index (κ1) is 13.6. The van der Waals surface area contributed by atoms with Crippen molar-refractivity contribution in [3.63, 3.8) is 0 Å². The van der Waals surface area contributed by atoms with Crippen molar-refractivity contribution in [2.75, 3.05) is 19.6 Å². The Hall–Kier alpha value is -1.36. The van der Waals surface area contributed by atoms with Crippen LogP contribution in [-0.4, -0.2) is 46.7 Å². The number of carbonyl (C=O) groups excluding carboxylic acids is 1. The first-order valence-electron chi connectivity index (χ1n) is 7.84. The van der Waals surface area contributed by atoms with E-state index in [-0.39, 0.29) is 5.91 Å². The maximum Gasteiger partial charge on any atom is 0.254 e. The van der Waals surface area contributed by atoms with Gasteiger partial charge < -0.3 is 10.2 Å². The summed E-state index contributed by atoms with van der Waals surface area (Å²) < 4.78 is 0. The highest BCUT2D eigenvalue weighted by atomic mass is 16.1. The molecule has 1 atom stereocenters. The number of amides is 1. The Bertz CT molecular complexity index is 425. The average Bonchev–Trinajstić information content (AvgIpc) is 3.17. The summed E-state index contributed by atoms with van der Waals surface area (Å²) >= 11 is 0. The second-order valence-electron chi connectivity index (χ2n) is 6.14. The lowest BCUT2D eigenvalue weighted by Gasteiger charge is -2.31. The van der Waals surface area contributed by atoms with Gasteiger partial charge in [0, 0.05) is 25.3 Å². The van der Waals surface area contributed by atoms with Crippen LogP contribution in [0.1, 0.15) is 48.9 Å². The fraction of sp³-hybridized carbons (Fsp3) is 0.733. The summed E-state index contributed by atoms with van der Waals surface area (Å²) in [5.41, 5.74) is 0.618. The van der Waals surface area contributed by atoms with Crippen molar-refractivity contribution in [2.24, 2.45) is 5.92 Å². The molecular formula is C15H24N4O. The molecule has 1 amide bonds. The predicted molar refractivity (Wildman–Crippen MR) is 77.5 cm³/mol. The van der Waals surface area contributed by atoms with Crippen molar-refractivity contribution < 1.29 is 4.79 Å². The Kier molecular flexibility index (Phi) is 4.35. The van der Waals surface area contributed by atoms with E-state index in [4.69, 9.17) is 0 Å². The van der Waals surface area contributed by atoms with Gasteiger partial charge in [0.25, 0.3) is 5.91 Å². The maximum atomic E-state index is 11.9. The number of hydrogen-bond acceptors (Lipinski definition) is 3. The largest absolute Gasteiger partial charge is 0.352 e. The minimum Gasteiger partial charge on any atom is -0.352 e. The van der Waals surface area contributed by atoms with Crippen LogP contribution in [-0.2, 0) is 0 Å². The van der Waals surface area contributed by atoms with Crippen LogP contribution >= 0.6 is 0 Å². The molecule has 110 valence electrons. The summed E-state index contributed by atoms with van der Waals surface area (Å²) in [6, 6.07) is 0.804. The molecular weight excluding hydrogens is 252 g/mol. The quantitative estimate of drug-likeness (QED) is 0.881. The Morgan fingerprint density at radius 2 is 2.20 bits per heavy atom. The lowest BCUT2D eigenvalue weighted by Crippen LogP contribution is -2.36. The molecule has 1 saturated carbocycles. The Balaban J connectivity index is 1.42. The number of likely N-dealkylation sites (tertiary alicyclic amines) is 1. The minimum absolute atomic E-state index is 0.0186. The molecule has 0 bridgehead atoms. The van der Waals surface area contributed by atoms with Gasteiger partial charge in [-0.05, 0) is 31.7 Å². The number of nitrogens with one attached hydrogen (secondary N) is 2. The number of nitrogens with zero attached hydrogens (tertiary/aromatic N) is 2. The Morgan fingerprint density at radius 1 is 1.35 bits per heavy atom. The first-order valence-corrected chi connectivity index (χ1v) is 7.84. The minimum atomic E-state index is -0.0186. The van der Waals surface area contributed by atoms with E-state index in [1.807, 2.05) is 0 Å². The third kappa shape index (κ3) is 3.20. The zero-order valence-corrected chi connectivity index (χ0v) is 12.0. The summed E-state index contributed by atoms with van der Waals surface area (Å²) in [5.74, 6) is 0.586. The van der Waals surface area contributed by atoms with E-state index in [0.29, 0.717) is 11.5 Å². The van der Waals surface area contributed by atoms with Gasteiger partial charge in [0.2, 0.25) is 0 Å². The van der Waals surface area contributed by atoms with Crippen molar-refractivity contribution in [3.05, 3.63) is 18.0 Å². The highest BCUT2D eigenvalue weighted by Gasteiger charge is 2.29. The number of aromatic amines is 1. The normalized spacial score (nSPS) is 24.9. The zero-order valence-electron chi connectivity index (χ0n) is 12.0. The molecule has 0 radical (unpaired) electrons. The van der Waals surface area contributed by atoms with Gasteiger partial charge in [-0.2, -0.15) is 5.10 Å². The van der Waals surface area contributed by atoms with Crippen molar-refractivity contribution >= 4 is 5.91 Å². The molecule has 1 unspecified atom stereocenters. The SMILES string of the molecule is O=C(NCC1CCN(C2CCCCC2)C1)c1cn[nH]c1. The topological polar surface area (TPSA) is 61.0 Å². The zero-order chi connectivity index (χ0) is 13.8. The average molecular weight is 276 g/mol. The molecule has 0 spiro atoms. The number of carbonyl (C=O) groups is 1. The fourth-order valence-electron chi connectivity index (χ4n) is 3.52. The molecule has 2 aliphatic rings. The molecule has 20 heavy (non-hydrogen) atoms. The van der Waals surface area contributed by atoms with E-state index in [0.717, 1.165) is 19.1 Å². The number of hydrogen-bond donors (Lipinski definition) is 2. The summed E-state index contributed by atoms with van der Waals surface area (Å²) in [6.45, 7) is 3.14. The van der Waals surface area contributed by atoms with Gasteiger partial charge in [-0.1, -0.05) is 19.3 Å². The molecule has 3 rings (SSSR count). The fourth-order valence-corrected chi connectivity index (χ4v) is 3.52. The molecule has 1 aromatic rings. The van der Waals surface area contributed by atoms with Crippen LogP contribution < -0.4 is 5.32 Å². The van der Waals surface area contributed by atoms with Gasteiger partial charge in [-0.3, -0.25) is 9.89 Å². The van der Waals surface area contributed by atoms with Gasteiger partial charge in [-0.15, -0.1) is 0 Å². The van der Waals surface area contributed by atoms with Gasteiger partial charge in [-0.25, -0.2) is 0 Å². The van der Waals surface area contributed by atoms with Crippen LogP contribution in [0.4, 0.5) is 0 Å². The van der Waals surface area contributed by atoms with Crippen LogP contribution in [0.15, 0.2) is 12.4 Å². The van der Waals surface area contributed by atoms with Gasteiger partial charge in [0.15, 0.2) is 0 Å². The van der Waals surface area contributed by atoms with Crippen molar-refractivity contribution in [2.45, 2.75) is 44.6 Å². The molecule has 5 heteroatoms. The maximum absolute atomic E-state index is 11.9. The van der Waals surface area contributed by atoms with E-state index in [2.05, 4.69) is 20.4 Å². The lowest BCUT2D eigenvalue weighted by atomic mass is 9.94. The van der Waals surface area contributed by atoms with E-state index >= 15 is 0 Å². The second kappa shape index (κ2) is 6.39. The summed E-state index contributed by atoms with van der Waals surface area (Å²) in [5, 5.41) is 9.50. The molecule has 2 N–H and O–H groups in total. The number of rotatable bonds is 4. The van der Waals surface area contributed by atoms with E-state index in [9.17, 15) is 4.79 Å². The molecule has 0 aromatic carbocycles.